The summed E-state index contributed by atoms with van der Waals surface area (Å²) in [5, 5.41) is 9.85. The van der Waals surface area contributed by atoms with Gasteiger partial charge >= 0.3 is 0 Å². The fourth-order valence-corrected chi connectivity index (χ4v) is 3.99. The topological polar surface area (TPSA) is 82.3 Å². The molecule has 1 aliphatic carbocycles. The van der Waals surface area contributed by atoms with Crippen LogP contribution in [0.2, 0.25) is 0 Å². The first kappa shape index (κ1) is 13.9. The number of hydrogen-bond acceptors (Lipinski definition) is 6. The normalized spacial score (nSPS) is 30.8. The molecule has 1 saturated heterocycles. The van der Waals surface area contributed by atoms with E-state index in [-0.39, 0.29) is 18.6 Å². The largest absolute Gasteiger partial charge is 0.476 e. The van der Waals surface area contributed by atoms with E-state index in [4.69, 9.17) is 9.47 Å². The van der Waals surface area contributed by atoms with Crippen LogP contribution in [0.15, 0.2) is 12.7 Å². The lowest BCUT2D eigenvalue weighted by Crippen LogP contribution is -2.23. The molecule has 118 valence electrons. The maximum absolute atomic E-state index is 9.85. The molecule has 2 aromatic heterocycles. The molecule has 0 radical (unpaired) electrons. The first-order chi connectivity index (χ1) is 10.8. The molecule has 1 N–H and O–H groups in total. The van der Waals surface area contributed by atoms with E-state index >= 15 is 0 Å². The number of ether oxygens (including phenoxy) is 2. The molecule has 4 rings (SSSR count). The minimum atomic E-state index is 0.165. The molecule has 22 heavy (non-hydrogen) atoms. The van der Waals surface area contributed by atoms with E-state index in [9.17, 15) is 5.11 Å². The van der Waals surface area contributed by atoms with Gasteiger partial charge in [0.2, 0.25) is 5.88 Å². The number of nitrogens with zero attached hydrogens (tertiary/aromatic N) is 4. The van der Waals surface area contributed by atoms with Crippen molar-refractivity contribution in [1.82, 2.24) is 19.5 Å². The van der Waals surface area contributed by atoms with Gasteiger partial charge in [-0.15, -0.1) is 0 Å². The molecule has 0 bridgehead atoms. The van der Waals surface area contributed by atoms with Crippen LogP contribution < -0.4 is 4.74 Å². The van der Waals surface area contributed by atoms with Crippen molar-refractivity contribution in [3.05, 3.63) is 12.7 Å². The second-order valence-corrected chi connectivity index (χ2v) is 6.05. The van der Waals surface area contributed by atoms with E-state index in [1.165, 1.54) is 6.33 Å². The lowest BCUT2D eigenvalue weighted by atomic mass is 9.92. The Labute approximate surface area is 128 Å². The van der Waals surface area contributed by atoms with Crippen LogP contribution in [0, 0.1) is 17.8 Å². The smallest absolute Gasteiger partial charge is 0.245 e. The van der Waals surface area contributed by atoms with Crippen LogP contribution >= 0.6 is 0 Å². The average molecular weight is 304 g/mol. The Balaban J connectivity index is 1.73. The SMILES string of the molecule is CCOc1ncnc2c1ncn2[C@H]1C[C@H]2COC[C@H]2[C@@H]1CO. The Morgan fingerprint density at radius 3 is 3.09 bits per heavy atom. The van der Waals surface area contributed by atoms with E-state index in [0.717, 1.165) is 25.3 Å². The summed E-state index contributed by atoms with van der Waals surface area (Å²) in [7, 11) is 0. The minimum absolute atomic E-state index is 0.165. The Morgan fingerprint density at radius 2 is 2.27 bits per heavy atom. The molecule has 7 nitrogen and oxygen atoms in total. The van der Waals surface area contributed by atoms with E-state index in [1.54, 1.807) is 6.33 Å². The van der Waals surface area contributed by atoms with Gasteiger partial charge in [0.05, 0.1) is 19.5 Å². The van der Waals surface area contributed by atoms with Gasteiger partial charge in [-0.3, -0.25) is 0 Å². The lowest BCUT2D eigenvalue weighted by molar-refractivity contribution is 0.118. The van der Waals surface area contributed by atoms with Crippen LogP contribution in [0.1, 0.15) is 19.4 Å². The third kappa shape index (κ3) is 1.99. The van der Waals surface area contributed by atoms with Gasteiger partial charge in [0, 0.05) is 25.2 Å². The second kappa shape index (κ2) is 5.48. The minimum Gasteiger partial charge on any atom is -0.476 e. The number of rotatable bonds is 4. The van der Waals surface area contributed by atoms with Crippen LogP contribution in [-0.2, 0) is 4.74 Å². The van der Waals surface area contributed by atoms with Crippen molar-refractivity contribution in [2.45, 2.75) is 19.4 Å². The Bertz CT molecular complexity index is 674. The summed E-state index contributed by atoms with van der Waals surface area (Å²) in [6.45, 7) is 4.17. The first-order valence-electron chi connectivity index (χ1n) is 7.82. The van der Waals surface area contributed by atoms with Crippen molar-refractivity contribution in [3.63, 3.8) is 0 Å². The first-order valence-corrected chi connectivity index (χ1v) is 7.82. The maximum Gasteiger partial charge on any atom is 0.245 e. The number of imidazole rings is 1. The lowest BCUT2D eigenvalue weighted by Gasteiger charge is -2.22. The second-order valence-electron chi connectivity index (χ2n) is 6.05. The number of hydrogen-bond donors (Lipinski definition) is 1. The summed E-state index contributed by atoms with van der Waals surface area (Å²) < 4.78 is 13.2. The van der Waals surface area contributed by atoms with Gasteiger partial charge in [-0.2, -0.15) is 4.98 Å². The number of aliphatic hydroxyl groups excluding tert-OH is 1. The van der Waals surface area contributed by atoms with E-state index in [0.29, 0.717) is 29.8 Å². The Hall–Kier alpha value is -1.73. The fraction of sp³-hybridized carbons (Fsp3) is 0.667. The van der Waals surface area contributed by atoms with Crippen LogP contribution in [0.3, 0.4) is 0 Å². The molecule has 0 amide bonds. The zero-order valence-corrected chi connectivity index (χ0v) is 12.6. The molecule has 2 aliphatic rings. The molecule has 1 aliphatic heterocycles. The van der Waals surface area contributed by atoms with Crippen molar-refractivity contribution in [2.75, 3.05) is 26.4 Å². The molecular formula is C15H20N4O3. The molecule has 0 unspecified atom stereocenters. The molecule has 3 heterocycles. The van der Waals surface area contributed by atoms with Crippen molar-refractivity contribution < 1.29 is 14.6 Å². The molecule has 1 saturated carbocycles. The van der Waals surface area contributed by atoms with Gasteiger partial charge in [0.15, 0.2) is 11.2 Å². The molecule has 7 heteroatoms. The summed E-state index contributed by atoms with van der Waals surface area (Å²) in [5.41, 5.74) is 1.47. The van der Waals surface area contributed by atoms with Crippen molar-refractivity contribution in [3.8, 4) is 5.88 Å². The number of fused-ring (bicyclic) bond motifs is 2. The van der Waals surface area contributed by atoms with Gasteiger partial charge in [-0.25, -0.2) is 9.97 Å². The van der Waals surface area contributed by atoms with Gasteiger partial charge in [-0.1, -0.05) is 0 Å². The fourth-order valence-electron chi connectivity index (χ4n) is 3.99. The van der Waals surface area contributed by atoms with Gasteiger partial charge < -0.3 is 19.1 Å². The monoisotopic (exact) mass is 304 g/mol. The highest BCUT2D eigenvalue weighted by molar-refractivity contribution is 5.76. The predicted molar refractivity (Wildman–Crippen MR) is 78.5 cm³/mol. The van der Waals surface area contributed by atoms with Gasteiger partial charge in [0.1, 0.15) is 6.33 Å². The van der Waals surface area contributed by atoms with E-state index in [2.05, 4.69) is 19.5 Å². The van der Waals surface area contributed by atoms with Crippen molar-refractivity contribution in [2.24, 2.45) is 17.8 Å². The van der Waals surface area contributed by atoms with E-state index in [1.807, 2.05) is 6.92 Å². The zero-order chi connectivity index (χ0) is 15.1. The summed E-state index contributed by atoms with van der Waals surface area (Å²) in [4.78, 5) is 13.0. The van der Waals surface area contributed by atoms with Crippen LogP contribution in [0.4, 0.5) is 0 Å². The molecule has 2 aromatic rings. The zero-order valence-electron chi connectivity index (χ0n) is 12.6. The highest BCUT2D eigenvalue weighted by Crippen LogP contribution is 2.48. The summed E-state index contributed by atoms with van der Waals surface area (Å²) >= 11 is 0. The molecule has 0 aromatic carbocycles. The van der Waals surface area contributed by atoms with Crippen molar-refractivity contribution in [1.29, 1.82) is 0 Å². The van der Waals surface area contributed by atoms with Crippen LogP contribution in [-0.4, -0.2) is 51.1 Å². The summed E-state index contributed by atoms with van der Waals surface area (Å²) in [6.07, 6.45) is 4.31. The maximum atomic E-state index is 9.85. The Morgan fingerprint density at radius 1 is 1.36 bits per heavy atom. The molecular weight excluding hydrogens is 284 g/mol. The number of aromatic nitrogens is 4. The van der Waals surface area contributed by atoms with Crippen molar-refractivity contribution >= 4 is 11.2 Å². The quantitative estimate of drug-likeness (QED) is 0.909. The highest BCUT2D eigenvalue weighted by Gasteiger charge is 2.47. The van der Waals surface area contributed by atoms with E-state index < -0.39 is 0 Å². The van der Waals surface area contributed by atoms with Crippen LogP contribution in [0.5, 0.6) is 5.88 Å². The Kier molecular flexibility index (Phi) is 3.46. The molecule has 0 spiro atoms. The van der Waals surface area contributed by atoms with Crippen LogP contribution in [0.25, 0.3) is 11.2 Å². The average Bonchev–Trinajstić information content (AvgIpc) is 3.20. The third-order valence-electron chi connectivity index (χ3n) is 5.01. The summed E-state index contributed by atoms with van der Waals surface area (Å²) in [6, 6.07) is 0.207. The van der Waals surface area contributed by atoms with Gasteiger partial charge in [0.25, 0.3) is 0 Å². The number of aliphatic hydroxyl groups is 1. The molecule has 2 fully saturated rings. The highest BCUT2D eigenvalue weighted by atomic mass is 16.5. The summed E-state index contributed by atoms with van der Waals surface area (Å²) in [5.74, 6) is 1.66. The van der Waals surface area contributed by atoms with Gasteiger partial charge in [-0.05, 0) is 25.2 Å². The molecule has 4 atom stereocenters. The predicted octanol–water partition coefficient (Wildman–Crippen LogP) is 1.04. The standard InChI is InChI=1S/C15H20N4O3/c1-2-22-15-13-14(16-7-17-15)19(8-18-13)12-3-9-5-21-6-11(9)10(12)4-20/h7-12,20H,2-6H2,1H3/t9-,10-,11+,12-/m0/s1. The third-order valence-corrected chi connectivity index (χ3v) is 5.01.